The van der Waals surface area contributed by atoms with E-state index < -0.39 is 24.5 Å². The lowest BCUT2D eigenvalue weighted by atomic mass is 10.2. The van der Waals surface area contributed by atoms with Gasteiger partial charge in [0.25, 0.3) is 5.91 Å². The summed E-state index contributed by atoms with van der Waals surface area (Å²) < 4.78 is 9.42. The van der Waals surface area contributed by atoms with Crippen LogP contribution in [0.25, 0.3) is 0 Å². The number of carbonyl (C=O) groups excluding carboxylic acids is 3. The van der Waals surface area contributed by atoms with E-state index in [-0.39, 0.29) is 6.61 Å². The van der Waals surface area contributed by atoms with Crippen molar-refractivity contribution in [2.24, 2.45) is 0 Å². The second-order valence-electron chi connectivity index (χ2n) is 6.19. The van der Waals surface area contributed by atoms with Crippen LogP contribution in [0.1, 0.15) is 32.6 Å². The van der Waals surface area contributed by atoms with Crippen molar-refractivity contribution in [3.63, 3.8) is 0 Å². The summed E-state index contributed by atoms with van der Waals surface area (Å²) in [6.45, 7) is 3.56. The van der Waals surface area contributed by atoms with Gasteiger partial charge in [0.2, 0.25) is 0 Å². The molecule has 0 aromatic heterocycles. The molecule has 1 saturated heterocycles. The number of amides is 1. The third-order valence-electron chi connectivity index (χ3n) is 4.11. The fourth-order valence-corrected chi connectivity index (χ4v) is 2.79. The van der Waals surface area contributed by atoms with Gasteiger partial charge in [0.1, 0.15) is 0 Å². The molecular weight excluding hydrogens is 348 g/mol. The van der Waals surface area contributed by atoms with Crippen molar-refractivity contribution in [1.82, 2.24) is 0 Å². The molecule has 1 aromatic carbocycles. The van der Waals surface area contributed by atoms with Crippen molar-refractivity contribution >= 4 is 29.2 Å². The minimum atomic E-state index is -0.783. The Hall–Kier alpha value is -2.83. The van der Waals surface area contributed by atoms with Gasteiger partial charge in [0.05, 0.1) is 6.61 Å². The topological polar surface area (TPSA) is 84.9 Å². The first-order valence-electron chi connectivity index (χ1n) is 9.25. The van der Waals surface area contributed by atoms with Crippen LogP contribution in [0.5, 0.6) is 0 Å². The molecule has 0 saturated carbocycles. The van der Waals surface area contributed by atoms with E-state index in [0.717, 1.165) is 30.9 Å². The van der Waals surface area contributed by atoms with E-state index in [1.807, 2.05) is 24.3 Å². The Bertz CT molecular complexity index is 661. The fraction of sp³-hybridized carbons (Fsp3) is 0.450. The molecule has 0 atom stereocenters. The van der Waals surface area contributed by atoms with Crippen LogP contribution in [0.15, 0.2) is 36.4 Å². The quantitative estimate of drug-likeness (QED) is 0.583. The summed E-state index contributed by atoms with van der Waals surface area (Å²) in [6, 6.07) is 7.63. The first kappa shape index (κ1) is 20.5. The molecule has 1 aliphatic rings. The Morgan fingerprint density at radius 1 is 0.963 bits per heavy atom. The number of nitrogens with zero attached hydrogens (tertiary/aromatic N) is 1. The maximum absolute atomic E-state index is 11.9. The number of hydrogen-bond acceptors (Lipinski definition) is 6. The number of benzene rings is 1. The predicted molar refractivity (Wildman–Crippen MR) is 102 cm³/mol. The van der Waals surface area contributed by atoms with Gasteiger partial charge < -0.3 is 19.7 Å². The predicted octanol–water partition coefficient (Wildman–Crippen LogP) is 2.67. The largest absolute Gasteiger partial charge is 0.463 e. The number of hydrogen-bond donors (Lipinski definition) is 1. The average molecular weight is 374 g/mol. The number of rotatable bonds is 7. The molecule has 146 valence electrons. The molecule has 7 nitrogen and oxygen atoms in total. The van der Waals surface area contributed by atoms with E-state index in [1.165, 1.54) is 25.7 Å². The van der Waals surface area contributed by atoms with Gasteiger partial charge in [-0.25, -0.2) is 9.59 Å². The minimum absolute atomic E-state index is 0.219. The maximum atomic E-state index is 11.9. The number of nitrogens with one attached hydrogen (secondary N) is 1. The van der Waals surface area contributed by atoms with Crippen LogP contribution in [0.4, 0.5) is 11.4 Å². The summed E-state index contributed by atoms with van der Waals surface area (Å²) in [5, 5.41) is 2.67. The van der Waals surface area contributed by atoms with Gasteiger partial charge in [-0.3, -0.25) is 4.79 Å². The zero-order valence-electron chi connectivity index (χ0n) is 15.6. The summed E-state index contributed by atoms with van der Waals surface area (Å²) in [7, 11) is 0. The Balaban J connectivity index is 1.76. The Kier molecular flexibility index (Phi) is 8.35. The molecule has 0 bridgehead atoms. The van der Waals surface area contributed by atoms with E-state index in [2.05, 4.69) is 15.0 Å². The lowest BCUT2D eigenvalue weighted by molar-refractivity contribution is -0.143. The van der Waals surface area contributed by atoms with Crippen molar-refractivity contribution in [2.75, 3.05) is 36.5 Å². The SMILES string of the molecule is CCOC(=O)/C=C/C(=O)OCC(=O)Nc1ccc(N2CCCCCC2)cc1. The highest BCUT2D eigenvalue weighted by Crippen LogP contribution is 2.21. The van der Waals surface area contributed by atoms with Crippen molar-refractivity contribution in [1.29, 1.82) is 0 Å². The number of esters is 2. The van der Waals surface area contributed by atoms with Crippen LogP contribution >= 0.6 is 0 Å². The molecular formula is C20H26N2O5. The highest BCUT2D eigenvalue weighted by molar-refractivity contribution is 5.95. The standard InChI is InChI=1S/C20H26N2O5/c1-2-26-19(24)11-12-20(25)27-15-18(23)21-16-7-9-17(10-8-16)22-13-5-3-4-6-14-22/h7-12H,2-6,13-15H2,1H3,(H,21,23)/b12-11+. The van der Waals surface area contributed by atoms with Gasteiger partial charge >= 0.3 is 11.9 Å². The summed E-state index contributed by atoms with van der Waals surface area (Å²) in [4.78, 5) is 36.8. The number of ether oxygens (including phenoxy) is 2. The molecule has 2 rings (SSSR count). The Morgan fingerprint density at radius 3 is 2.15 bits per heavy atom. The van der Waals surface area contributed by atoms with Crippen LogP contribution in [0.2, 0.25) is 0 Å². The minimum Gasteiger partial charge on any atom is -0.463 e. The number of carbonyl (C=O) groups is 3. The summed E-state index contributed by atoms with van der Waals surface area (Å²) in [6.07, 6.45) is 6.85. The van der Waals surface area contributed by atoms with Gasteiger partial charge in [-0.2, -0.15) is 0 Å². The molecule has 0 spiro atoms. The van der Waals surface area contributed by atoms with Gasteiger partial charge in [0.15, 0.2) is 6.61 Å². The molecule has 1 aromatic rings. The smallest absolute Gasteiger partial charge is 0.331 e. The summed E-state index contributed by atoms with van der Waals surface area (Å²) in [5.41, 5.74) is 1.78. The van der Waals surface area contributed by atoms with E-state index in [1.54, 1.807) is 6.92 Å². The van der Waals surface area contributed by atoms with E-state index in [0.29, 0.717) is 5.69 Å². The number of anilines is 2. The molecule has 27 heavy (non-hydrogen) atoms. The van der Waals surface area contributed by atoms with Crippen molar-refractivity contribution < 1.29 is 23.9 Å². The van der Waals surface area contributed by atoms with E-state index in [4.69, 9.17) is 4.74 Å². The van der Waals surface area contributed by atoms with Crippen LogP contribution < -0.4 is 10.2 Å². The van der Waals surface area contributed by atoms with Crippen molar-refractivity contribution in [2.45, 2.75) is 32.6 Å². The van der Waals surface area contributed by atoms with Gasteiger partial charge in [-0.05, 0) is 44.0 Å². The zero-order valence-corrected chi connectivity index (χ0v) is 15.6. The Morgan fingerprint density at radius 2 is 1.56 bits per heavy atom. The molecule has 0 radical (unpaired) electrons. The highest BCUT2D eigenvalue weighted by Gasteiger charge is 2.10. The van der Waals surface area contributed by atoms with Crippen LogP contribution in [-0.4, -0.2) is 44.1 Å². The van der Waals surface area contributed by atoms with E-state index >= 15 is 0 Å². The summed E-state index contributed by atoms with van der Waals surface area (Å²) >= 11 is 0. The van der Waals surface area contributed by atoms with Gasteiger partial charge in [-0.15, -0.1) is 0 Å². The Labute approximate surface area is 159 Å². The molecule has 1 aliphatic heterocycles. The highest BCUT2D eigenvalue weighted by atomic mass is 16.5. The molecule has 0 aliphatic carbocycles. The molecule has 1 amide bonds. The monoisotopic (exact) mass is 374 g/mol. The lowest BCUT2D eigenvalue weighted by Crippen LogP contribution is -2.24. The van der Waals surface area contributed by atoms with Crippen LogP contribution in [-0.2, 0) is 23.9 Å². The average Bonchev–Trinajstić information content (AvgIpc) is 2.95. The molecule has 1 N–H and O–H groups in total. The fourth-order valence-electron chi connectivity index (χ4n) is 2.79. The molecule has 1 heterocycles. The third-order valence-corrected chi connectivity index (χ3v) is 4.11. The van der Waals surface area contributed by atoms with E-state index in [9.17, 15) is 14.4 Å². The zero-order chi connectivity index (χ0) is 19.5. The molecule has 1 fully saturated rings. The van der Waals surface area contributed by atoms with Crippen LogP contribution in [0, 0.1) is 0 Å². The van der Waals surface area contributed by atoms with Crippen LogP contribution in [0.3, 0.4) is 0 Å². The summed E-state index contributed by atoms with van der Waals surface area (Å²) in [5.74, 6) is -1.87. The lowest BCUT2D eigenvalue weighted by Gasteiger charge is -2.22. The molecule has 0 unspecified atom stereocenters. The van der Waals surface area contributed by atoms with Gasteiger partial charge in [-0.1, -0.05) is 12.8 Å². The second kappa shape index (κ2) is 11.0. The first-order valence-corrected chi connectivity index (χ1v) is 9.25. The first-order chi connectivity index (χ1) is 13.1. The second-order valence-corrected chi connectivity index (χ2v) is 6.19. The normalized spacial score (nSPS) is 14.5. The van der Waals surface area contributed by atoms with Crippen molar-refractivity contribution in [3.05, 3.63) is 36.4 Å². The third kappa shape index (κ3) is 7.52. The maximum Gasteiger partial charge on any atom is 0.331 e. The molecule has 7 heteroatoms. The van der Waals surface area contributed by atoms with Crippen molar-refractivity contribution in [3.8, 4) is 0 Å². The van der Waals surface area contributed by atoms with Gasteiger partial charge in [0, 0.05) is 36.6 Å².